The van der Waals surface area contributed by atoms with Crippen molar-refractivity contribution in [2.24, 2.45) is 9.98 Å². The number of ether oxygens (including phenoxy) is 1. The van der Waals surface area contributed by atoms with Crippen molar-refractivity contribution in [1.29, 1.82) is 0 Å². The van der Waals surface area contributed by atoms with Gasteiger partial charge in [-0.15, -0.1) is 106 Å². The van der Waals surface area contributed by atoms with Crippen LogP contribution in [-0.2, 0) is 25.7 Å². The van der Waals surface area contributed by atoms with Gasteiger partial charge in [-0.25, -0.2) is 9.79 Å². The van der Waals surface area contributed by atoms with E-state index in [-0.39, 0.29) is 23.1 Å². The van der Waals surface area contributed by atoms with Gasteiger partial charge >= 0.3 is 6.09 Å². The molecule has 0 aliphatic heterocycles. The van der Waals surface area contributed by atoms with Gasteiger partial charge in [0, 0.05) is 77.8 Å². The first-order valence-electron chi connectivity index (χ1n) is 13.5. The molecule has 276 valence electrons. The number of nitrogens with one attached hydrogen (secondary N) is 2. The topological polar surface area (TPSA) is 174 Å². The molecule has 0 aliphatic rings. The number of hydrogen-bond acceptors (Lipinski definition) is 21. The standard InChI is InChI=1S/C23H44N4O8S12/c28-11-40-17-42-13-33-22(30)26-3-7-38-16-37-6-2-25-10-47(32)21-45-19-44-20-46-23(31)27-4-8-39-15-36-5-1-24-9-34-35-14-43-18-41-12-29/h9-10,28-29H,1-8,11-21H2,(H,26,30)(H,27,31)/b24-9+,25-10-. The molecule has 1 atom stereocenters. The number of nitrogens with zero attached hydrogens (tertiary/aromatic N) is 2. The monoisotopic (exact) mass is 888 g/mol. The zero-order valence-corrected chi connectivity index (χ0v) is 35.5. The zero-order chi connectivity index (χ0) is 34.3. The van der Waals surface area contributed by atoms with Gasteiger partial charge in [0.15, 0.2) is 5.08 Å². The average Bonchev–Trinajstić information content (AvgIpc) is 3.06. The minimum Gasteiger partial charge on any atom is -0.610 e. The van der Waals surface area contributed by atoms with Crippen molar-refractivity contribution in [3.63, 3.8) is 0 Å². The van der Waals surface area contributed by atoms with Crippen LogP contribution in [0.2, 0.25) is 0 Å². The van der Waals surface area contributed by atoms with Gasteiger partial charge in [-0.05, 0) is 0 Å². The summed E-state index contributed by atoms with van der Waals surface area (Å²) in [5.41, 5.74) is 1.52. The first-order chi connectivity index (χ1) is 23.1. The highest BCUT2D eigenvalue weighted by Gasteiger charge is 2.05. The van der Waals surface area contributed by atoms with E-state index >= 15 is 0 Å². The second-order valence-corrected chi connectivity index (χ2v) is 22.4. The Hall–Kier alpha value is 1.92. The van der Waals surface area contributed by atoms with Crippen molar-refractivity contribution in [2.45, 2.75) is 0 Å². The van der Waals surface area contributed by atoms with E-state index in [9.17, 15) is 14.1 Å². The molecule has 0 saturated carbocycles. The fraction of sp³-hybridized carbons (Fsp3) is 0.826. The Kier molecular flexibility index (Phi) is 44.1. The molecular weight excluding hydrogens is 845 g/mol. The maximum atomic E-state index is 12.1. The lowest BCUT2D eigenvalue weighted by molar-refractivity contribution is -0.196. The van der Waals surface area contributed by atoms with Crippen LogP contribution >= 0.6 is 129 Å². The van der Waals surface area contributed by atoms with Crippen LogP contribution in [0.15, 0.2) is 9.98 Å². The van der Waals surface area contributed by atoms with E-state index in [1.807, 2.05) is 0 Å². The van der Waals surface area contributed by atoms with Gasteiger partial charge in [-0.3, -0.25) is 9.79 Å². The summed E-state index contributed by atoms with van der Waals surface area (Å²) in [5.74, 6) is 4.19. The van der Waals surface area contributed by atoms with Crippen molar-refractivity contribution in [2.75, 3.05) is 109 Å². The molecule has 0 aromatic rings. The smallest absolute Gasteiger partial charge is 0.407 e. The van der Waals surface area contributed by atoms with Crippen molar-refractivity contribution in [3.8, 4) is 0 Å². The van der Waals surface area contributed by atoms with Gasteiger partial charge in [-0.2, -0.15) is 4.89 Å². The molecule has 47 heavy (non-hydrogen) atoms. The summed E-state index contributed by atoms with van der Waals surface area (Å²) in [7, 11) is 0. The van der Waals surface area contributed by atoms with Gasteiger partial charge in [0.1, 0.15) is 11.9 Å². The number of amides is 2. The summed E-state index contributed by atoms with van der Waals surface area (Å²) < 4.78 is 17.1. The Labute approximate surface area is 328 Å². The van der Waals surface area contributed by atoms with Crippen LogP contribution in [0.3, 0.4) is 0 Å². The largest absolute Gasteiger partial charge is 0.610 e. The Morgan fingerprint density at radius 3 is 2.00 bits per heavy atom. The van der Waals surface area contributed by atoms with Crippen LogP contribution in [0, 0.1) is 0 Å². The van der Waals surface area contributed by atoms with E-state index in [2.05, 4.69) is 20.6 Å². The van der Waals surface area contributed by atoms with Gasteiger partial charge in [-0.1, -0.05) is 23.5 Å². The van der Waals surface area contributed by atoms with E-state index in [4.69, 9.17) is 24.7 Å². The molecule has 0 aromatic carbocycles. The third kappa shape index (κ3) is 42.2. The van der Waals surface area contributed by atoms with E-state index in [0.29, 0.717) is 47.4 Å². The molecule has 0 fully saturated rings. The lowest BCUT2D eigenvalue weighted by Gasteiger charge is -2.06. The van der Waals surface area contributed by atoms with Crippen molar-refractivity contribution < 1.29 is 38.9 Å². The SMILES string of the molecule is O=C(NCCSCSCC/N=C\[S+]([O-])CSCSCSC(=O)NCCSCSCC/N=C/OOCSCSCO)OCSCSCO. The van der Waals surface area contributed by atoms with Crippen molar-refractivity contribution in [1.82, 2.24) is 10.6 Å². The third-order valence-corrected chi connectivity index (χ3v) is 17.1. The zero-order valence-electron chi connectivity index (χ0n) is 25.7. The van der Waals surface area contributed by atoms with E-state index in [1.54, 1.807) is 70.6 Å². The Morgan fingerprint density at radius 2 is 1.30 bits per heavy atom. The number of aliphatic hydroxyl groups excluding tert-OH is 2. The molecule has 0 aromatic heterocycles. The molecule has 2 amide bonds. The Morgan fingerprint density at radius 1 is 0.702 bits per heavy atom. The van der Waals surface area contributed by atoms with E-state index in [0.717, 1.165) is 43.4 Å². The molecule has 24 heteroatoms. The van der Waals surface area contributed by atoms with Crippen LogP contribution in [0.25, 0.3) is 0 Å². The number of carbonyl (C=O) groups excluding carboxylic acids is 2. The van der Waals surface area contributed by atoms with Gasteiger partial charge in [0.05, 0.1) is 25.0 Å². The summed E-state index contributed by atoms with van der Waals surface area (Å²) in [5, 5.41) is 28.0. The highest BCUT2D eigenvalue weighted by atomic mass is 32.3. The molecule has 1 unspecified atom stereocenters. The fourth-order valence-electron chi connectivity index (χ4n) is 2.14. The molecule has 0 saturated heterocycles. The predicted octanol–water partition coefficient (Wildman–Crippen LogP) is 5.76. The van der Waals surface area contributed by atoms with E-state index < -0.39 is 17.3 Å². The first kappa shape index (κ1) is 48.9. The highest BCUT2D eigenvalue weighted by molar-refractivity contribution is 8.29. The van der Waals surface area contributed by atoms with Crippen LogP contribution < -0.4 is 10.6 Å². The number of thioether (sulfide) groups is 11. The summed E-state index contributed by atoms with van der Waals surface area (Å²) in [6, 6.07) is 0. The second kappa shape index (κ2) is 42.3. The fourth-order valence-corrected chi connectivity index (χ4v) is 12.7. The minimum atomic E-state index is -1.11. The maximum Gasteiger partial charge on any atom is 0.407 e. The quantitative estimate of drug-likeness (QED) is 0.0115. The molecular formula is C23H44N4O8S12. The lowest BCUT2D eigenvalue weighted by atomic mass is 10.7. The molecule has 0 rings (SSSR count). The average molecular weight is 889 g/mol. The third-order valence-electron chi connectivity index (χ3n) is 4.03. The number of carbonyl (C=O) groups is 2. The number of hydrogen-bond donors (Lipinski definition) is 4. The van der Waals surface area contributed by atoms with Gasteiger partial charge in [0.2, 0.25) is 11.9 Å². The maximum absolute atomic E-state index is 12.1. The summed E-state index contributed by atoms with van der Waals surface area (Å²) in [6.45, 7) is 2.43. The summed E-state index contributed by atoms with van der Waals surface area (Å²) in [6.07, 6.45) is 0.874. The Balaban J connectivity index is 3.38. The second-order valence-electron chi connectivity index (χ2n) is 7.51. The van der Waals surface area contributed by atoms with Crippen molar-refractivity contribution in [3.05, 3.63) is 0 Å². The van der Waals surface area contributed by atoms with Gasteiger partial charge < -0.3 is 35.0 Å². The molecule has 0 aliphatic carbocycles. The first-order valence-corrected chi connectivity index (χ1v) is 27.5. The number of rotatable bonds is 35. The van der Waals surface area contributed by atoms with Gasteiger partial charge in [0.25, 0.3) is 5.24 Å². The molecule has 0 heterocycles. The van der Waals surface area contributed by atoms with Crippen LogP contribution in [0.4, 0.5) is 9.59 Å². The highest BCUT2D eigenvalue weighted by Crippen LogP contribution is 2.19. The number of aliphatic imine (C=N–C) groups is 2. The van der Waals surface area contributed by atoms with Crippen LogP contribution in [-0.4, -0.2) is 147 Å². The summed E-state index contributed by atoms with van der Waals surface area (Å²) >= 11 is 16.1. The summed E-state index contributed by atoms with van der Waals surface area (Å²) in [4.78, 5) is 41.5. The number of aliphatic hydroxyl groups is 2. The predicted molar refractivity (Wildman–Crippen MR) is 226 cm³/mol. The van der Waals surface area contributed by atoms with Crippen LogP contribution in [0.1, 0.15) is 0 Å². The molecule has 0 spiro atoms. The molecule has 0 radical (unpaired) electrons. The normalized spacial score (nSPS) is 12.1. The molecule has 12 nitrogen and oxygen atoms in total. The lowest BCUT2D eigenvalue weighted by Crippen LogP contribution is -2.26. The van der Waals surface area contributed by atoms with Crippen molar-refractivity contribution >= 4 is 164 Å². The minimum absolute atomic E-state index is 0.0260. The molecule has 0 bridgehead atoms. The van der Waals surface area contributed by atoms with Crippen LogP contribution in [0.5, 0.6) is 0 Å². The van der Waals surface area contributed by atoms with E-state index in [1.165, 1.54) is 70.8 Å². The Bertz CT molecular complexity index is 775. The molecule has 4 N–H and O–H groups in total. The number of alkyl carbamates (subject to hydrolysis) is 1.